The van der Waals surface area contributed by atoms with Crippen molar-refractivity contribution in [1.82, 2.24) is 23.8 Å². The molecule has 0 saturated carbocycles. The maximum Gasteiger partial charge on any atom is 0.342 e. The van der Waals surface area contributed by atoms with Crippen LogP contribution in [0, 0.1) is 0 Å². The molecular formula is C61H60BBrCl4F4N7O16S2Si. The number of aromatic amines is 2. The van der Waals surface area contributed by atoms with Gasteiger partial charge in [-0.15, -0.1) is 0 Å². The summed E-state index contributed by atoms with van der Waals surface area (Å²) in [5.74, 6) is -0.0345. The number of hydrogen-bond donors (Lipinski definition) is 3. The Morgan fingerprint density at radius 1 is 0.660 bits per heavy atom. The molecule has 2 saturated heterocycles. The monoisotopic (exact) mass is 1540 g/mol. The quantitative estimate of drug-likeness (QED) is 0.0342. The number of H-pyrrole nitrogens is 2. The average Bonchev–Trinajstić information content (AvgIpc) is 0.766. The molecule has 1 amide bonds. The number of amides is 1. The van der Waals surface area contributed by atoms with Gasteiger partial charge < -0.3 is 38.0 Å². The van der Waals surface area contributed by atoms with Gasteiger partial charge in [0.25, 0.3) is 24.3 Å². The Morgan fingerprint density at radius 3 is 1.49 bits per heavy atom. The van der Waals surface area contributed by atoms with Crippen molar-refractivity contribution in [2.24, 2.45) is 5.10 Å². The number of Topliss-reactive ketones (excluding diaryl/α,β-unsaturated/α-hetero) is 1. The van der Waals surface area contributed by atoms with Gasteiger partial charge in [-0.1, -0.05) is 107 Å². The number of ether oxygens (including phenoxy) is 6. The molecule has 3 aliphatic heterocycles. The zero-order valence-corrected chi connectivity index (χ0v) is 59.5. The molecule has 7 aromatic rings. The second-order valence-corrected chi connectivity index (χ2v) is 33.8. The number of hydrogen-bond acceptors (Lipinski definition) is 18. The fourth-order valence-corrected chi connectivity index (χ4v) is 15.2. The van der Waals surface area contributed by atoms with Gasteiger partial charge in [0.15, 0.2) is 37.0 Å². The SMILES string of the molecule is COc1ccc(COc2ccc(Oc3c(Cl)cc(Br)cc3Cl)cc2S(=O)(=O)N2CC(O[Si](C)(C)C(C)(C)C)C2)cc1.COc1ccc(COc2ccc(Oc3c(Cl)cc(N4N=C(C(F)F)C(=O)CC4=O)cc3Cl)cc2S(=O)(=O)N2CC(O)C2)cc1.O=c1[nH]nc(C(F)F)c(=O)[nH]1.[B]. The summed E-state index contributed by atoms with van der Waals surface area (Å²) in [5.41, 5.74) is -2.61. The molecule has 2 fully saturated rings. The molecule has 3 N–H and O–H groups in total. The number of aromatic nitrogens is 3. The van der Waals surface area contributed by atoms with Gasteiger partial charge in [-0.2, -0.15) is 23.8 Å². The van der Waals surface area contributed by atoms with E-state index in [1.165, 1.54) is 47.8 Å². The first-order chi connectivity index (χ1) is 45.1. The highest BCUT2D eigenvalue weighted by Gasteiger charge is 2.46. The molecule has 0 spiro atoms. The predicted molar refractivity (Wildman–Crippen MR) is 361 cm³/mol. The average molecular weight is 1550 g/mol. The lowest BCUT2D eigenvalue weighted by atomic mass is 10.1. The number of nitrogens with one attached hydrogen (secondary N) is 2. The lowest BCUT2D eigenvalue weighted by molar-refractivity contribution is -0.124. The number of ketones is 1. The number of rotatable bonds is 21. The summed E-state index contributed by atoms with van der Waals surface area (Å²) >= 11 is 28.8. The molecule has 0 atom stereocenters. The number of methoxy groups -OCH3 is 2. The maximum atomic E-state index is 13.9. The number of carbonyl (C=O) groups excluding carboxylic acids is 2. The second-order valence-electron chi connectivity index (χ2n) is 22.7. The first-order valence-corrected chi connectivity index (χ1v) is 36.5. The fourth-order valence-electron chi connectivity index (χ4n) is 8.69. The molecule has 4 heterocycles. The smallest absolute Gasteiger partial charge is 0.342 e. The van der Waals surface area contributed by atoms with E-state index in [0.29, 0.717) is 15.2 Å². The van der Waals surface area contributed by atoms with E-state index in [1.54, 1.807) is 65.7 Å². The van der Waals surface area contributed by atoms with Crippen molar-refractivity contribution in [3.8, 4) is 46.0 Å². The van der Waals surface area contributed by atoms with E-state index in [-0.39, 0.29) is 129 Å². The van der Waals surface area contributed by atoms with Crippen LogP contribution in [0.4, 0.5) is 23.2 Å². The van der Waals surface area contributed by atoms with Crippen molar-refractivity contribution >= 4 is 122 Å². The zero-order chi connectivity index (χ0) is 70.4. The summed E-state index contributed by atoms with van der Waals surface area (Å²) in [6, 6.07) is 28.7. The van der Waals surface area contributed by atoms with Crippen LogP contribution < -0.4 is 44.7 Å². The molecule has 0 unspecified atom stereocenters. The minimum Gasteiger partial charge on any atom is -0.497 e. The van der Waals surface area contributed by atoms with E-state index in [0.717, 1.165) is 21.2 Å². The topological polar surface area (TPSA) is 288 Å². The first kappa shape index (κ1) is 77.3. The molecule has 1 aromatic heterocycles. The highest BCUT2D eigenvalue weighted by Crippen LogP contribution is 2.45. The van der Waals surface area contributed by atoms with Crippen LogP contribution in [0.2, 0.25) is 38.2 Å². The fraction of sp³-hybridized carbons (Fsp3) is 0.311. The van der Waals surface area contributed by atoms with Crippen LogP contribution in [-0.4, -0.2) is 139 Å². The molecule has 6 aromatic carbocycles. The van der Waals surface area contributed by atoms with Gasteiger partial charge in [-0.05, 0) is 102 Å². The van der Waals surface area contributed by atoms with Gasteiger partial charge in [0.2, 0.25) is 20.0 Å². The highest BCUT2D eigenvalue weighted by molar-refractivity contribution is 9.10. The number of aliphatic hydroxyl groups excluding tert-OH is 1. The van der Waals surface area contributed by atoms with Crippen molar-refractivity contribution in [2.75, 3.05) is 45.4 Å². The predicted octanol–water partition coefficient (Wildman–Crippen LogP) is 12.2. The number of alkyl halides is 4. The number of carbonyl (C=O) groups is 2. The molecule has 10 rings (SSSR count). The van der Waals surface area contributed by atoms with E-state index in [1.807, 2.05) is 24.3 Å². The number of sulfonamides is 2. The number of benzene rings is 6. The van der Waals surface area contributed by atoms with Crippen LogP contribution in [0.25, 0.3) is 0 Å². The molecule has 3 radical (unpaired) electrons. The third-order valence-corrected chi connectivity index (χ3v) is 24.7. The number of nitrogens with zero attached hydrogens (tertiary/aromatic N) is 5. The molecule has 0 aliphatic carbocycles. The van der Waals surface area contributed by atoms with Crippen molar-refractivity contribution in [3.63, 3.8) is 0 Å². The van der Waals surface area contributed by atoms with Gasteiger partial charge in [0.1, 0.15) is 57.5 Å². The minimum atomic E-state index is -4.13. The summed E-state index contributed by atoms with van der Waals surface area (Å²) < 4.78 is 148. The zero-order valence-electron chi connectivity index (χ0n) is 52.3. The summed E-state index contributed by atoms with van der Waals surface area (Å²) in [7, 11) is -6.98. The van der Waals surface area contributed by atoms with E-state index in [2.05, 4.69) is 60.0 Å². The van der Waals surface area contributed by atoms with Gasteiger partial charge in [0, 0.05) is 51.2 Å². The number of β-amino-alcohol motifs (C(OH)–C–C–N with tert-alkyl or cyclic N) is 1. The minimum absolute atomic E-state index is 0. The van der Waals surface area contributed by atoms with Crippen LogP contribution in [0.1, 0.15) is 50.4 Å². The van der Waals surface area contributed by atoms with E-state index in [4.69, 9.17) is 79.3 Å². The summed E-state index contributed by atoms with van der Waals surface area (Å²) in [5, 5.41) is 18.6. The van der Waals surface area contributed by atoms with Crippen molar-refractivity contribution < 1.29 is 81.9 Å². The number of aliphatic hydroxyl groups is 1. The van der Waals surface area contributed by atoms with Crippen LogP contribution in [0.15, 0.2) is 138 Å². The Hall–Kier alpha value is -7.08. The van der Waals surface area contributed by atoms with Crippen molar-refractivity contribution in [2.45, 2.75) is 93.4 Å². The summed E-state index contributed by atoms with van der Waals surface area (Å²) in [6.07, 6.45) is -7.94. The highest BCUT2D eigenvalue weighted by atomic mass is 79.9. The van der Waals surface area contributed by atoms with Crippen LogP contribution in [0.3, 0.4) is 0 Å². The first-order valence-electron chi connectivity index (χ1n) is 28.4. The van der Waals surface area contributed by atoms with Crippen molar-refractivity contribution in [3.05, 3.63) is 171 Å². The number of hydrazone groups is 1. The lowest BCUT2D eigenvalue weighted by Gasteiger charge is -2.45. The van der Waals surface area contributed by atoms with Gasteiger partial charge in [0.05, 0.1) is 58.6 Å². The molecule has 3 aliphatic rings. The Labute approximate surface area is 585 Å². The number of anilines is 1. The molecular weight excluding hydrogens is 1490 g/mol. The Morgan fingerprint density at radius 2 is 1.09 bits per heavy atom. The Balaban J connectivity index is 0.000000234. The van der Waals surface area contributed by atoms with Gasteiger partial charge in [-0.3, -0.25) is 19.4 Å². The van der Waals surface area contributed by atoms with Gasteiger partial charge in [-0.25, -0.2) is 44.3 Å². The third kappa shape index (κ3) is 19.0. The van der Waals surface area contributed by atoms with Crippen LogP contribution in [0.5, 0.6) is 46.0 Å². The standard InChI is InChI=1S/C29H34BrCl2NO6SSi.C28H23Cl2F2N3O8S.C4H3F2N3O2.B/c1-29(2,3)41(5,6)39-23-16-33(17-23)40(34,35)27-15-22(38-28-24(31)13-20(30)14-25(28)32)11-12-26(27)37-18-19-7-9-21(36-4)10-8-19;1-41-18-4-2-15(3-5-18)14-42-23-7-6-19(10-24(23)44(39,40)34-12-17(36)13-34)43-27-20(29)8-16(9-21(27)30)35-25(38)11-22(37)26(33-35)28(31)32;5-2(6)1-3(10)7-4(11)9-8-1;/h7-15,23H,16-18H2,1-6H3;2-10,17,28,36H,11-14H2,1H3;2H,(H2,7,9,10,11);. The molecule has 0 bridgehead atoms. The molecule has 517 valence electrons. The summed E-state index contributed by atoms with van der Waals surface area (Å²) in [6.45, 7) is 11.3. The Kier molecular flexibility index (Phi) is 25.7. The van der Waals surface area contributed by atoms with Crippen LogP contribution >= 0.6 is 62.3 Å². The molecule has 36 heteroatoms. The number of halogens is 9. The van der Waals surface area contributed by atoms with E-state index < -0.39 is 88.1 Å². The van der Waals surface area contributed by atoms with Gasteiger partial charge >= 0.3 is 5.69 Å². The summed E-state index contributed by atoms with van der Waals surface area (Å²) in [4.78, 5) is 46.2. The van der Waals surface area contributed by atoms with E-state index >= 15 is 0 Å². The third-order valence-electron chi connectivity index (χ3n) is 14.9. The Bertz CT molecular complexity index is 4380. The normalized spacial score (nSPS) is 14.8. The van der Waals surface area contributed by atoms with E-state index in [9.17, 15) is 58.7 Å². The lowest BCUT2D eigenvalue weighted by Crippen LogP contribution is -2.59. The maximum absolute atomic E-state index is 13.9. The largest absolute Gasteiger partial charge is 0.497 e. The second kappa shape index (κ2) is 32.3. The van der Waals surface area contributed by atoms with Crippen molar-refractivity contribution in [1.29, 1.82) is 0 Å². The molecule has 97 heavy (non-hydrogen) atoms. The van der Waals surface area contributed by atoms with Crippen LogP contribution in [-0.2, 0) is 47.3 Å². The molecule has 23 nitrogen and oxygen atoms in total.